The molecule has 4 nitrogen and oxygen atoms in total. The number of piperazine rings is 1. The highest BCUT2D eigenvalue weighted by atomic mass is 19.3. The monoisotopic (exact) mass is 246 g/mol. The minimum absolute atomic E-state index is 0.000898. The maximum Gasteiger partial charge on any atom is 0.248 e. The van der Waals surface area contributed by atoms with E-state index in [0.29, 0.717) is 25.9 Å². The van der Waals surface area contributed by atoms with Gasteiger partial charge in [-0.15, -0.1) is 0 Å². The van der Waals surface area contributed by atoms with E-state index in [4.69, 9.17) is 0 Å². The van der Waals surface area contributed by atoms with Crippen LogP contribution in [0.4, 0.5) is 8.78 Å². The van der Waals surface area contributed by atoms with Gasteiger partial charge >= 0.3 is 0 Å². The number of carbonyl (C=O) groups is 2. The first-order valence-electron chi connectivity index (χ1n) is 5.91. The summed E-state index contributed by atoms with van der Waals surface area (Å²) in [6.45, 7) is 0.835. The molecule has 1 unspecified atom stereocenters. The molecule has 2 amide bonds. The maximum absolute atomic E-state index is 13.2. The molecule has 1 aliphatic carbocycles. The second kappa shape index (κ2) is 4.58. The largest absolute Gasteiger partial charge is 0.353 e. The van der Waals surface area contributed by atoms with Crippen LogP contribution in [0.5, 0.6) is 0 Å². The summed E-state index contributed by atoms with van der Waals surface area (Å²) in [6, 6.07) is 0. The fourth-order valence-electron chi connectivity index (χ4n) is 2.47. The molecule has 0 aromatic heterocycles. The van der Waals surface area contributed by atoms with E-state index in [2.05, 4.69) is 5.32 Å². The van der Waals surface area contributed by atoms with Crippen molar-refractivity contribution in [1.29, 1.82) is 0 Å². The average Bonchev–Trinajstić information content (AvgIpc) is 2.26. The molecule has 1 atom stereocenters. The molecule has 0 bridgehead atoms. The highest BCUT2D eigenvalue weighted by Gasteiger charge is 2.40. The van der Waals surface area contributed by atoms with Crippen LogP contribution in [0.1, 0.15) is 25.7 Å². The molecule has 1 heterocycles. The summed E-state index contributed by atoms with van der Waals surface area (Å²) in [5.74, 6) is -3.85. The minimum Gasteiger partial charge on any atom is -0.353 e. The van der Waals surface area contributed by atoms with Gasteiger partial charge in [0.15, 0.2) is 0 Å². The number of nitrogens with one attached hydrogen (secondary N) is 1. The molecule has 6 heteroatoms. The van der Waals surface area contributed by atoms with Crippen LogP contribution >= 0.6 is 0 Å². The number of hydrogen-bond acceptors (Lipinski definition) is 2. The van der Waals surface area contributed by atoms with Gasteiger partial charge in [-0.05, 0) is 12.8 Å². The molecule has 1 aliphatic heterocycles. The van der Waals surface area contributed by atoms with Gasteiger partial charge in [0, 0.05) is 31.8 Å². The van der Waals surface area contributed by atoms with Crippen LogP contribution in [0.2, 0.25) is 0 Å². The number of halogens is 2. The van der Waals surface area contributed by atoms with Crippen LogP contribution in [0.3, 0.4) is 0 Å². The molecule has 0 aromatic carbocycles. The summed E-state index contributed by atoms with van der Waals surface area (Å²) >= 11 is 0. The number of carbonyl (C=O) groups excluding carboxylic acids is 2. The van der Waals surface area contributed by atoms with E-state index in [0.717, 1.165) is 0 Å². The lowest BCUT2D eigenvalue weighted by Crippen LogP contribution is -2.52. The van der Waals surface area contributed by atoms with Crippen molar-refractivity contribution in [3.63, 3.8) is 0 Å². The normalized spacial score (nSPS) is 28.7. The lowest BCUT2D eigenvalue weighted by atomic mass is 9.85. The van der Waals surface area contributed by atoms with Crippen molar-refractivity contribution < 1.29 is 18.4 Å². The topological polar surface area (TPSA) is 49.4 Å². The molecule has 17 heavy (non-hydrogen) atoms. The van der Waals surface area contributed by atoms with Gasteiger partial charge < -0.3 is 10.2 Å². The van der Waals surface area contributed by atoms with Crippen molar-refractivity contribution in [3.05, 3.63) is 0 Å². The Hall–Kier alpha value is -1.20. The zero-order valence-corrected chi connectivity index (χ0v) is 9.55. The van der Waals surface area contributed by atoms with Gasteiger partial charge in [-0.25, -0.2) is 8.78 Å². The molecular weight excluding hydrogens is 230 g/mol. The van der Waals surface area contributed by atoms with Crippen LogP contribution in [-0.2, 0) is 9.59 Å². The minimum atomic E-state index is -2.73. The van der Waals surface area contributed by atoms with Crippen molar-refractivity contribution in [3.8, 4) is 0 Å². The van der Waals surface area contributed by atoms with Gasteiger partial charge in [-0.2, -0.15) is 0 Å². The second-order valence-electron chi connectivity index (χ2n) is 4.76. The first kappa shape index (κ1) is 12.3. The van der Waals surface area contributed by atoms with Gasteiger partial charge in [0.1, 0.15) is 0 Å². The third kappa shape index (κ3) is 2.92. The van der Waals surface area contributed by atoms with Crippen LogP contribution < -0.4 is 5.32 Å². The van der Waals surface area contributed by atoms with Gasteiger partial charge in [0.25, 0.3) is 0 Å². The summed E-state index contributed by atoms with van der Waals surface area (Å²) in [7, 11) is 0. The Labute approximate surface area is 98.3 Å². The Morgan fingerprint density at radius 1 is 1.47 bits per heavy atom. The summed E-state index contributed by atoms with van der Waals surface area (Å²) < 4.78 is 26.4. The molecule has 1 N–H and O–H groups in total. The number of amides is 2. The Bertz CT molecular complexity index is 333. The van der Waals surface area contributed by atoms with E-state index in [1.165, 1.54) is 4.90 Å². The maximum atomic E-state index is 13.2. The lowest BCUT2D eigenvalue weighted by Gasteiger charge is -2.34. The lowest BCUT2D eigenvalue weighted by molar-refractivity contribution is -0.146. The second-order valence-corrected chi connectivity index (χ2v) is 4.76. The van der Waals surface area contributed by atoms with Gasteiger partial charge in [0.05, 0.1) is 6.54 Å². The van der Waals surface area contributed by atoms with E-state index in [1.807, 2.05) is 0 Å². The number of nitrogens with zero attached hydrogens (tertiary/aromatic N) is 1. The fourth-order valence-corrected chi connectivity index (χ4v) is 2.47. The predicted molar refractivity (Wildman–Crippen MR) is 56.5 cm³/mol. The standard InChI is InChI=1S/C11H16F2N2O2/c12-11(13)3-1-2-8(6-11)10(17)15-5-4-14-9(16)7-15/h8H,1-7H2,(H,14,16). The van der Waals surface area contributed by atoms with Crippen molar-refractivity contribution in [2.75, 3.05) is 19.6 Å². The molecular formula is C11H16F2N2O2. The zero-order valence-electron chi connectivity index (χ0n) is 9.55. The molecule has 1 saturated heterocycles. The van der Waals surface area contributed by atoms with E-state index >= 15 is 0 Å². The van der Waals surface area contributed by atoms with Crippen LogP contribution in [0.25, 0.3) is 0 Å². The smallest absolute Gasteiger partial charge is 0.248 e. The van der Waals surface area contributed by atoms with E-state index in [9.17, 15) is 18.4 Å². The summed E-state index contributed by atoms with van der Waals surface area (Å²) in [4.78, 5) is 24.5. The van der Waals surface area contributed by atoms with Crippen molar-refractivity contribution >= 4 is 11.8 Å². The third-order valence-corrected chi connectivity index (χ3v) is 3.34. The summed E-state index contributed by atoms with van der Waals surface area (Å²) in [5.41, 5.74) is 0. The highest BCUT2D eigenvalue weighted by molar-refractivity contribution is 5.87. The molecule has 2 rings (SSSR count). The zero-order chi connectivity index (χ0) is 12.5. The Kier molecular flexibility index (Phi) is 3.31. The molecule has 1 saturated carbocycles. The average molecular weight is 246 g/mol. The Morgan fingerprint density at radius 3 is 2.88 bits per heavy atom. The van der Waals surface area contributed by atoms with Gasteiger partial charge in [0.2, 0.25) is 17.7 Å². The molecule has 0 aromatic rings. The van der Waals surface area contributed by atoms with Crippen LogP contribution in [-0.4, -0.2) is 42.3 Å². The molecule has 2 fully saturated rings. The first-order valence-corrected chi connectivity index (χ1v) is 5.91. The summed E-state index contributed by atoms with van der Waals surface area (Å²) in [5, 5.41) is 2.61. The Morgan fingerprint density at radius 2 is 2.24 bits per heavy atom. The van der Waals surface area contributed by atoms with Crippen LogP contribution in [0, 0.1) is 5.92 Å². The van der Waals surface area contributed by atoms with E-state index in [-0.39, 0.29) is 31.2 Å². The Balaban J connectivity index is 1.97. The van der Waals surface area contributed by atoms with Crippen molar-refractivity contribution in [2.45, 2.75) is 31.6 Å². The highest BCUT2D eigenvalue weighted by Crippen LogP contribution is 2.37. The van der Waals surface area contributed by atoms with E-state index in [1.54, 1.807) is 0 Å². The molecule has 2 aliphatic rings. The fraction of sp³-hybridized carbons (Fsp3) is 0.818. The first-order chi connectivity index (χ1) is 7.98. The third-order valence-electron chi connectivity index (χ3n) is 3.34. The number of rotatable bonds is 1. The molecule has 0 spiro atoms. The number of hydrogen-bond donors (Lipinski definition) is 1. The molecule has 96 valence electrons. The van der Waals surface area contributed by atoms with E-state index < -0.39 is 11.8 Å². The van der Waals surface area contributed by atoms with Crippen molar-refractivity contribution in [1.82, 2.24) is 10.2 Å². The van der Waals surface area contributed by atoms with Gasteiger partial charge in [-0.1, -0.05) is 0 Å². The van der Waals surface area contributed by atoms with Crippen molar-refractivity contribution in [2.24, 2.45) is 5.92 Å². The quantitative estimate of drug-likeness (QED) is 0.743. The summed E-state index contributed by atoms with van der Waals surface area (Å²) in [6.07, 6.45) is 0.386. The SMILES string of the molecule is O=C1CN(C(=O)C2CCCC(F)(F)C2)CCN1. The van der Waals surface area contributed by atoms with Gasteiger partial charge in [-0.3, -0.25) is 9.59 Å². The number of alkyl halides is 2. The predicted octanol–water partition coefficient (Wildman–Crippen LogP) is 0.770. The van der Waals surface area contributed by atoms with Crippen LogP contribution in [0.15, 0.2) is 0 Å². The molecule has 0 radical (unpaired) electrons.